The van der Waals surface area contributed by atoms with E-state index < -0.39 is 0 Å². The molecule has 0 amide bonds. The molecule has 1 aliphatic rings. The fourth-order valence-corrected chi connectivity index (χ4v) is 0.485. The molecule has 1 aliphatic heterocycles. The summed E-state index contributed by atoms with van der Waals surface area (Å²) < 4.78 is 4.94. The second-order valence-electron chi connectivity index (χ2n) is 1.55. The molecule has 0 aromatic rings. The lowest BCUT2D eigenvalue weighted by Gasteiger charge is -1.98. The molecule has 0 N–H and O–H groups in total. The second-order valence-corrected chi connectivity index (χ2v) is 1.55. The fourth-order valence-electron chi connectivity index (χ4n) is 0.485. The first-order valence-corrected chi connectivity index (χ1v) is 2.18. The van der Waals surface area contributed by atoms with E-state index in [1.807, 2.05) is 14.0 Å². The Morgan fingerprint density at radius 2 is 2.57 bits per heavy atom. The molecule has 0 fully saturated rings. The third kappa shape index (κ3) is 0.824. The minimum absolute atomic E-state index is 0.603. The zero-order valence-corrected chi connectivity index (χ0v) is 4.51. The summed E-state index contributed by atoms with van der Waals surface area (Å²) in [5.74, 6) is 0.752. The molecular formula is C4H8N2O. The number of rotatable bonds is 0. The van der Waals surface area contributed by atoms with Crippen LogP contribution >= 0.6 is 0 Å². The van der Waals surface area contributed by atoms with Gasteiger partial charge in [0.05, 0.1) is 0 Å². The number of nitrogens with zero attached hydrogens (tertiary/aromatic N) is 2. The van der Waals surface area contributed by atoms with Crippen LogP contribution in [0, 0.1) is 0 Å². The van der Waals surface area contributed by atoms with Gasteiger partial charge in [-0.25, -0.2) is 0 Å². The van der Waals surface area contributed by atoms with E-state index in [1.54, 1.807) is 5.01 Å². The highest BCUT2D eigenvalue weighted by molar-refractivity contribution is 5.73. The minimum Gasteiger partial charge on any atom is -0.457 e. The highest BCUT2D eigenvalue weighted by Crippen LogP contribution is 1.96. The summed E-state index contributed by atoms with van der Waals surface area (Å²) in [5, 5.41) is 5.66. The number of hydrogen-bond acceptors (Lipinski definition) is 3. The Labute approximate surface area is 42.6 Å². The van der Waals surface area contributed by atoms with E-state index in [4.69, 9.17) is 4.74 Å². The molecule has 1 rings (SSSR count). The van der Waals surface area contributed by atoms with Gasteiger partial charge in [-0.3, -0.25) is 5.01 Å². The van der Waals surface area contributed by atoms with Crippen LogP contribution < -0.4 is 0 Å². The Kier molecular flexibility index (Phi) is 0.889. The largest absolute Gasteiger partial charge is 0.457 e. The smallest absolute Gasteiger partial charge is 0.204 e. The van der Waals surface area contributed by atoms with Crippen LogP contribution in [0.15, 0.2) is 5.10 Å². The fraction of sp³-hybridized carbons (Fsp3) is 0.750. The predicted molar refractivity (Wildman–Crippen MR) is 26.8 cm³/mol. The van der Waals surface area contributed by atoms with Crippen LogP contribution in [-0.4, -0.2) is 24.7 Å². The third-order valence-electron chi connectivity index (χ3n) is 0.772. The van der Waals surface area contributed by atoms with E-state index in [-0.39, 0.29) is 0 Å². The van der Waals surface area contributed by atoms with Crippen LogP contribution in [0.1, 0.15) is 6.92 Å². The standard InChI is InChI=1S/C4H8N2O/c1-4-5-6(2)3-7-4/h3H2,1-2H3. The van der Waals surface area contributed by atoms with Crippen molar-refractivity contribution in [1.82, 2.24) is 5.01 Å². The molecule has 0 saturated heterocycles. The van der Waals surface area contributed by atoms with E-state index in [9.17, 15) is 0 Å². The van der Waals surface area contributed by atoms with Crippen molar-refractivity contribution in [2.24, 2.45) is 5.10 Å². The number of hydrazone groups is 1. The molecule has 1 heterocycles. The SMILES string of the molecule is CC1=NN(C)CO1. The number of ether oxygens (including phenoxy) is 1. The van der Waals surface area contributed by atoms with Crippen LogP contribution in [-0.2, 0) is 4.74 Å². The first-order valence-electron chi connectivity index (χ1n) is 2.18. The zero-order valence-electron chi connectivity index (χ0n) is 4.51. The van der Waals surface area contributed by atoms with Crippen molar-refractivity contribution < 1.29 is 4.74 Å². The molecule has 0 spiro atoms. The van der Waals surface area contributed by atoms with Crippen molar-refractivity contribution in [3.05, 3.63) is 0 Å². The van der Waals surface area contributed by atoms with E-state index in [0.29, 0.717) is 6.73 Å². The lowest BCUT2D eigenvalue weighted by molar-refractivity contribution is 0.198. The highest BCUT2D eigenvalue weighted by atomic mass is 16.5. The lowest BCUT2D eigenvalue weighted by Crippen LogP contribution is -2.05. The molecule has 0 unspecified atom stereocenters. The second kappa shape index (κ2) is 1.40. The first-order chi connectivity index (χ1) is 3.29. The van der Waals surface area contributed by atoms with Crippen LogP contribution in [0.2, 0.25) is 0 Å². The molecule has 0 saturated carbocycles. The van der Waals surface area contributed by atoms with Gasteiger partial charge in [-0.1, -0.05) is 0 Å². The molecule has 0 atom stereocenters. The van der Waals surface area contributed by atoms with Gasteiger partial charge in [-0.15, -0.1) is 5.10 Å². The van der Waals surface area contributed by atoms with Crippen molar-refractivity contribution in [2.45, 2.75) is 6.92 Å². The summed E-state index contributed by atoms with van der Waals surface area (Å²) in [6.07, 6.45) is 0. The van der Waals surface area contributed by atoms with Gasteiger partial charge in [0.2, 0.25) is 5.90 Å². The molecule has 0 aliphatic carbocycles. The molecule has 0 radical (unpaired) electrons. The van der Waals surface area contributed by atoms with E-state index in [0.717, 1.165) is 5.90 Å². The van der Waals surface area contributed by atoms with Crippen LogP contribution in [0.3, 0.4) is 0 Å². The van der Waals surface area contributed by atoms with Gasteiger partial charge in [0.15, 0.2) is 6.73 Å². The van der Waals surface area contributed by atoms with Crippen LogP contribution in [0.4, 0.5) is 0 Å². The van der Waals surface area contributed by atoms with Gasteiger partial charge in [-0.05, 0) is 0 Å². The van der Waals surface area contributed by atoms with Crippen molar-refractivity contribution in [3.8, 4) is 0 Å². The van der Waals surface area contributed by atoms with E-state index in [2.05, 4.69) is 5.10 Å². The van der Waals surface area contributed by atoms with E-state index >= 15 is 0 Å². The maximum Gasteiger partial charge on any atom is 0.204 e. The maximum atomic E-state index is 4.94. The molecule has 0 bridgehead atoms. The molecule has 3 heteroatoms. The van der Waals surface area contributed by atoms with Crippen molar-refractivity contribution in [2.75, 3.05) is 13.8 Å². The number of hydrogen-bond donors (Lipinski definition) is 0. The quantitative estimate of drug-likeness (QED) is 0.435. The normalized spacial score (nSPS) is 19.1. The summed E-state index contributed by atoms with van der Waals surface area (Å²) >= 11 is 0. The summed E-state index contributed by atoms with van der Waals surface area (Å²) in [6.45, 7) is 2.44. The zero-order chi connectivity index (χ0) is 5.28. The average molecular weight is 100 g/mol. The van der Waals surface area contributed by atoms with Crippen molar-refractivity contribution >= 4 is 5.90 Å². The maximum absolute atomic E-state index is 4.94. The lowest BCUT2D eigenvalue weighted by atomic mass is 10.8. The van der Waals surface area contributed by atoms with Gasteiger partial charge in [0.1, 0.15) is 0 Å². The first kappa shape index (κ1) is 4.43. The average Bonchev–Trinajstić information content (AvgIpc) is 1.87. The monoisotopic (exact) mass is 100 g/mol. The molecule has 40 valence electrons. The van der Waals surface area contributed by atoms with Crippen LogP contribution in [0.5, 0.6) is 0 Å². The molecule has 0 aromatic carbocycles. The Balaban J connectivity index is 2.50. The molecular weight excluding hydrogens is 92.1 g/mol. The Hall–Kier alpha value is -0.730. The molecule has 0 aromatic heterocycles. The molecule has 3 nitrogen and oxygen atoms in total. The Morgan fingerprint density at radius 1 is 1.86 bits per heavy atom. The minimum atomic E-state index is 0.603. The summed E-state index contributed by atoms with van der Waals surface area (Å²) in [4.78, 5) is 0. The van der Waals surface area contributed by atoms with Crippen molar-refractivity contribution in [3.63, 3.8) is 0 Å². The van der Waals surface area contributed by atoms with Gasteiger partial charge < -0.3 is 4.74 Å². The summed E-state index contributed by atoms with van der Waals surface area (Å²) in [7, 11) is 1.87. The third-order valence-corrected chi connectivity index (χ3v) is 0.772. The van der Waals surface area contributed by atoms with Gasteiger partial charge >= 0.3 is 0 Å². The topological polar surface area (TPSA) is 24.8 Å². The Bertz CT molecular complexity index is 99.9. The van der Waals surface area contributed by atoms with Crippen LogP contribution in [0.25, 0.3) is 0 Å². The van der Waals surface area contributed by atoms with Gasteiger partial charge in [0, 0.05) is 14.0 Å². The Morgan fingerprint density at radius 3 is 2.71 bits per heavy atom. The predicted octanol–water partition coefficient (Wildman–Crippen LogP) is 0.239. The van der Waals surface area contributed by atoms with E-state index in [1.165, 1.54) is 0 Å². The van der Waals surface area contributed by atoms with Gasteiger partial charge in [0.25, 0.3) is 0 Å². The summed E-state index contributed by atoms with van der Waals surface area (Å²) in [5.41, 5.74) is 0. The molecule has 7 heavy (non-hydrogen) atoms. The highest BCUT2D eigenvalue weighted by Gasteiger charge is 2.03. The summed E-state index contributed by atoms with van der Waals surface area (Å²) in [6, 6.07) is 0. The van der Waals surface area contributed by atoms with Gasteiger partial charge in [-0.2, -0.15) is 0 Å². The van der Waals surface area contributed by atoms with Crippen molar-refractivity contribution in [1.29, 1.82) is 0 Å².